The Kier molecular flexibility index (Phi) is 4.63. The third-order valence-corrected chi connectivity index (χ3v) is 5.26. The molecule has 0 radical (unpaired) electrons. The van der Waals surface area contributed by atoms with Gasteiger partial charge in [-0.3, -0.25) is 9.48 Å². The number of rotatable bonds is 5. The highest BCUT2D eigenvalue weighted by atomic mass is 16.5. The predicted octanol–water partition coefficient (Wildman–Crippen LogP) is 3.68. The molecule has 0 amide bonds. The second-order valence-corrected chi connectivity index (χ2v) is 7.42. The summed E-state index contributed by atoms with van der Waals surface area (Å²) in [5.74, 6) is 0.760. The fraction of sp³-hybridized carbons (Fsp3) is 0.125. The summed E-state index contributed by atoms with van der Waals surface area (Å²) in [6.45, 7) is 0.328. The number of aromatic nitrogens is 5. The molecule has 1 aromatic carbocycles. The second kappa shape index (κ2) is 7.60. The van der Waals surface area contributed by atoms with E-state index in [0.29, 0.717) is 6.61 Å². The molecule has 154 valence electrons. The molecule has 7 nitrogen and oxygen atoms in total. The summed E-state index contributed by atoms with van der Waals surface area (Å²) >= 11 is 0. The third-order valence-electron chi connectivity index (χ3n) is 5.26. The van der Waals surface area contributed by atoms with Crippen molar-refractivity contribution >= 4 is 5.65 Å². The minimum absolute atomic E-state index is 0.0448. The van der Waals surface area contributed by atoms with Crippen molar-refractivity contribution in [3.63, 3.8) is 0 Å². The molecule has 5 aromatic rings. The molecule has 0 aliphatic carbocycles. The second-order valence-electron chi connectivity index (χ2n) is 7.42. The fourth-order valence-electron chi connectivity index (χ4n) is 3.69. The van der Waals surface area contributed by atoms with Gasteiger partial charge in [0.1, 0.15) is 23.7 Å². The minimum Gasteiger partial charge on any atom is -0.487 e. The SMILES string of the molecule is Cn1cc(-c2ccc(=O)n(C)c2)c(COc2ccc(-c3cccn4ccnc34)cc2)n1. The Bertz CT molecular complexity index is 1430. The molecule has 0 spiro atoms. The number of hydrogen-bond donors (Lipinski definition) is 0. The van der Waals surface area contributed by atoms with E-state index in [4.69, 9.17) is 4.74 Å². The number of pyridine rings is 2. The van der Waals surface area contributed by atoms with Gasteiger partial charge in [0.05, 0.1) is 0 Å². The number of aryl methyl sites for hydroxylation is 2. The average Bonchev–Trinajstić information content (AvgIpc) is 3.41. The van der Waals surface area contributed by atoms with Crippen LogP contribution in [0, 0.1) is 0 Å². The third kappa shape index (κ3) is 3.61. The normalized spacial score (nSPS) is 11.2. The van der Waals surface area contributed by atoms with E-state index in [9.17, 15) is 4.79 Å². The van der Waals surface area contributed by atoms with Gasteiger partial charge in [-0.1, -0.05) is 12.1 Å². The molecular formula is C24H21N5O2. The number of nitrogens with zero attached hydrogens (tertiary/aromatic N) is 5. The van der Waals surface area contributed by atoms with Crippen LogP contribution in [-0.2, 0) is 20.7 Å². The van der Waals surface area contributed by atoms with Crippen molar-refractivity contribution in [3.05, 3.63) is 95.6 Å². The fourth-order valence-corrected chi connectivity index (χ4v) is 3.69. The summed E-state index contributed by atoms with van der Waals surface area (Å²) in [5.41, 5.74) is 5.71. The maximum atomic E-state index is 11.7. The zero-order valence-corrected chi connectivity index (χ0v) is 17.3. The molecule has 0 bridgehead atoms. The molecule has 0 atom stereocenters. The van der Waals surface area contributed by atoms with Crippen LogP contribution in [0.1, 0.15) is 5.69 Å². The molecule has 0 saturated heterocycles. The smallest absolute Gasteiger partial charge is 0.250 e. The van der Waals surface area contributed by atoms with Crippen LogP contribution in [0.2, 0.25) is 0 Å². The first-order valence-corrected chi connectivity index (χ1v) is 9.93. The number of imidazole rings is 1. The van der Waals surface area contributed by atoms with Crippen molar-refractivity contribution in [3.8, 4) is 28.0 Å². The maximum absolute atomic E-state index is 11.7. The van der Waals surface area contributed by atoms with Crippen molar-refractivity contribution in [2.75, 3.05) is 0 Å². The van der Waals surface area contributed by atoms with Crippen LogP contribution in [0.25, 0.3) is 27.9 Å². The van der Waals surface area contributed by atoms with E-state index in [1.807, 2.05) is 72.6 Å². The molecule has 0 aliphatic rings. The largest absolute Gasteiger partial charge is 0.487 e. The van der Waals surface area contributed by atoms with Crippen LogP contribution < -0.4 is 10.3 Å². The van der Waals surface area contributed by atoms with Crippen LogP contribution in [0.4, 0.5) is 0 Å². The number of benzene rings is 1. The van der Waals surface area contributed by atoms with Gasteiger partial charge < -0.3 is 13.7 Å². The Labute approximate surface area is 178 Å². The molecule has 31 heavy (non-hydrogen) atoms. The average molecular weight is 411 g/mol. The van der Waals surface area contributed by atoms with E-state index in [1.54, 1.807) is 28.6 Å². The van der Waals surface area contributed by atoms with Gasteiger partial charge in [0.25, 0.3) is 0 Å². The van der Waals surface area contributed by atoms with Crippen molar-refractivity contribution in [2.45, 2.75) is 6.61 Å². The highest BCUT2D eigenvalue weighted by Gasteiger charge is 2.12. The van der Waals surface area contributed by atoms with Gasteiger partial charge in [0, 0.05) is 67.8 Å². The van der Waals surface area contributed by atoms with Gasteiger partial charge in [0.2, 0.25) is 5.56 Å². The predicted molar refractivity (Wildman–Crippen MR) is 119 cm³/mol. The van der Waals surface area contributed by atoms with E-state index < -0.39 is 0 Å². The topological polar surface area (TPSA) is 66.3 Å². The lowest BCUT2D eigenvalue weighted by Gasteiger charge is -2.09. The van der Waals surface area contributed by atoms with Crippen LogP contribution in [0.3, 0.4) is 0 Å². The minimum atomic E-state index is -0.0448. The molecule has 0 aliphatic heterocycles. The molecule has 0 unspecified atom stereocenters. The zero-order valence-electron chi connectivity index (χ0n) is 17.3. The Hall–Kier alpha value is -4.13. The van der Waals surface area contributed by atoms with Crippen LogP contribution in [-0.4, -0.2) is 23.7 Å². The summed E-state index contributed by atoms with van der Waals surface area (Å²) in [6.07, 6.45) is 9.47. The van der Waals surface area contributed by atoms with E-state index in [1.165, 1.54) is 0 Å². The lowest BCUT2D eigenvalue weighted by atomic mass is 10.1. The molecule has 0 saturated carbocycles. The highest BCUT2D eigenvalue weighted by molar-refractivity contribution is 5.77. The molecule has 7 heteroatoms. The number of ether oxygens (including phenoxy) is 1. The quantitative estimate of drug-likeness (QED) is 0.443. The van der Waals surface area contributed by atoms with Crippen molar-refractivity contribution in [2.24, 2.45) is 14.1 Å². The molecule has 4 heterocycles. The van der Waals surface area contributed by atoms with Gasteiger partial charge in [-0.2, -0.15) is 5.10 Å². The van der Waals surface area contributed by atoms with E-state index in [-0.39, 0.29) is 5.56 Å². The zero-order chi connectivity index (χ0) is 21.4. The Morgan fingerprint density at radius 3 is 2.52 bits per heavy atom. The van der Waals surface area contributed by atoms with Gasteiger partial charge >= 0.3 is 0 Å². The number of fused-ring (bicyclic) bond motifs is 1. The van der Waals surface area contributed by atoms with E-state index in [2.05, 4.69) is 16.1 Å². The monoisotopic (exact) mass is 411 g/mol. The highest BCUT2D eigenvalue weighted by Crippen LogP contribution is 2.27. The van der Waals surface area contributed by atoms with Gasteiger partial charge in [-0.25, -0.2) is 4.98 Å². The van der Waals surface area contributed by atoms with Crippen molar-refractivity contribution in [1.82, 2.24) is 23.7 Å². The Morgan fingerprint density at radius 2 is 1.71 bits per heavy atom. The standard InChI is InChI=1S/C24H21N5O2/c1-27-14-18(7-10-23(27)30)21-15-28(2)26-22(21)16-31-19-8-5-17(6-9-19)20-4-3-12-29-13-11-25-24(20)29/h3-15H,16H2,1-2H3. The van der Waals surface area contributed by atoms with E-state index >= 15 is 0 Å². The number of hydrogen-bond acceptors (Lipinski definition) is 4. The molecular weight excluding hydrogens is 390 g/mol. The first-order valence-electron chi connectivity index (χ1n) is 9.93. The first-order chi connectivity index (χ1) is 15.1. The van der Waals surface area contributed by atoms with Crippen LogP contribution in [0.15, 0.2) is 84.3 Å². The maximum Gasteiger partial charge on any atom is 0.250 e. The van der Waals surface area contributed by atoms with E-state index in [0.717, 1.165) is 39.3 Å². The van der Waals surface area contributed by atoms with Gasteiger partial charge in [-0.15, -0.1) is 0 Å². The van der Waals surface area contributed by atoms with Gasteiger partial charge in [-0.05, 0) is 35.9 Å². The van der Waals surface area contributed by atoms with Crippen LogP contribution >= 0.6 is 0 Å². The lowest BCUT2D eigenvalue weighted by Crippen LogP contribution is -2.14. The molecule has 0 N–H and O–H groups in total. The molecule has 4 aromatic heterocycles. The Morgan fingerprint density at radius 1 is 0.903 bits per heavy atom. The van der Waals surface area contributed by atoms with Crippen molar-refractivity contribution in [1.29, 1.82) is 0 Å². The molecule has 0 fully saturated rings. The summed E-state index contributed by atoms with van der Waals surface area (Å²) in [6, 6.07) is 15.4. The summed E-state index contributed by atoms with van der Waals surface area (Å²) < 4.78 is 11.3. The first kappa shape index (κ1) is 18.9. The van der Waals surface area contributed by atoms with Crippen LogP contribution in [0.5, 0.6) is 5.75 Å². The van der Waals surface area contributed by atoms with Crippen molar-refractivity contribution < 1.29 is 4.74 Å². The van der Waals surface area contributed by atoms with Gasteiger partial charge in [0.15, 0.2) is 0 Å². The summed E-state index contributed by atoms with van der Waals surface area (Å²) in [4.78, 5) is 16.1. The lowest BCUT2D eigenvalue weighted by molar-refractivity contribution is 0.300. The summed E-state index contributed by atoms with van der Waals surface area (Å²) in [5, 5.41) is 4.54. The Balaban J connectivity index is 1.37. The molecule has 5 rings (SSSR count). The summed E-state index contributed by atoms with van der Waals surface area (Å²) in [7, 11) is 3.61.